The van der Waals surface area contributed by atoms with Crippen molar-refractivity contribution in [1.29, 1.82) is 0 Å². The number of hydrogen-bond donors (Lipinski definition) is 0. The Hall–Kier alpha value is -1.25. The average molecular weight is 437 g/mol. The van der Waals surface area contributed by atoms with Gasteiger partial charge in [0, 0.05) is 31.1 Å². The van der Waals surface area contributed by atoms with E-state index in [9.17, 15) is 8.42 Å². The quantitative estimate of drug-likeness (QED) is 0.735. The third-order valence-electron chi connectivity index (χ3n) is 6.52. The molecule has 3 heterocycles. The summed E-state index contributed by atoms with van der Waals surface area (Å²) in [5.41, 5.74) is 1.75. The second-order valence-corrected chi connectivity index (χ2v) is 12.7. The Labute approximate surface area is 178 Å². The van der Waals surface area contributed by atoms with Crippen molar-refractivity contribution in [2.75, 3.05) is 36.8 Å². The summed E-state index contributed by atoms with van der Waals surface area (Å²) in [5, 5.41) is 1.22. The lowest BCUT2D eigenvalue weighted by Gasteiger charge is -2.35. The SMILES string of the molecule is CCS(=O)(=O)N1CCN(c2nc(C)nc3sc4c(c23)CC[C@H](C(C)(C)C)C4)CC1. The maximum atomic E-state index is 12.2. The maximum Gasteiger partial charge on any atom is 0.213 e. The highest BCUT2D eigenvalue weighted by atomic mass is 32.2. The van der Waals surface area contributed by atoms with Crippen molar-refractivity contribution in [3.63, 3.8) is 0 Å². The molecule has 0 unspecified atom stereocenters. The minimum Gasteiger partial charge on any atom is -0.353 e. The maximum absolute atomic E-state index is 12.2. The van der Waals surface area contributed by atoms with Gasteiger partial charge in [0.25, 0.3) is 0 Å². The third kappa shape index (κ3) is 3.91. The second kappa shape index (κ2) is 7.46. The minimum absolute atomic E-state index is 0.164. The average Bonchev–Trinajstić information content (AvgIpc) is 3.04. The highest BCUT2D eigenvalue weighted by Crippen LogP contribution is 2.45. The lowest BCUT2D eigenvalue weighted by Crippen LogP contribution is -2.49. The molecule has 1 atom stereocenters. The van der Waals surface area contributed by atoms with Gasteiger partial charge in [0.05, 0.1) is 11.1 Å². The summed E-state index contributed by atoms with van der Waals surface area (Å²) in [7, 11) is -3.13. The van der Waals surface area contributed by atoms with Crippen LogP contribution in [0.15, 0.2) is 0 Å². The van der Waals surface area contributed by atoms with Crippen LogP contribution in [0.1, 0.15) is 50.4 Å². The highest BCUT2D eigenvalue weighted by molar-refractivity contribution is 7.89. The Morgan fingerprint density at radius 1 is 1.14 bits per heavy atom. The van der Waals surface area contributed by atoms with Crippen molar-refractivity contribution in [2.24, 2.45) is 11.3 Å². The lowest BCUT2D eigenvalue weighted by molar-refractivity contribution is 0.218. The summed E-state index contributed by atoms with van der Waals surface area (Å²) in [6, 6.07) is 0. The van der Waals surface area contributed by atoms with Gasteiger partial charge in [0.15, 0.2) is 0 Å². The molecule has 2 aliphatic rings. The van der Waals surface area contributed by atoms with Crippen molar-refractivity contribution in [3.05, 3.63) is 16.3 Å². The molecular formula is C21H32N4O2S2. The molecule has 0 N–H and O–H groups in total. The van der Waals surface area contributed by atoms with E-state index < -0.39 is 10.0 Å². The lowest BCUT2D eigenvalue weighted by atomic mass is 9.72. The first-order valence-electron chi connectivity index (χ1n) is 10.6. The molecule has 1 aliphatic heterocycles. The molecule has 0 bridgehead atoms. The Balaban J connectivity index is 1.67. The van der Waals surface area contributed by atoms with Gasteiger partial charge >= 0.3 is 0 Å². The topological polar surface area (TPSA) is 66.4 Å². The van der Waals surface area contributed by atoms with Gasteiger partial charge in [-0.25, -0.2) is 18.4 Å². The molecule has 8 heteroatoms. The molecule has 0 amide bonds. The fourth-order valence-corrected chi connectivity index (χ4v) is 7.01. The van der Waals surface area contributed by atoms with Crippen molar-refractivity contribution in [3.8, 4) is 0 Å². The number of hydrogen-bond acceptors (Lipinski definition) is 6. The largest absolute Gasteiger partial charge is 0.353 e. The van der Waals surface area contributed by atoms with Crippen LogP contribution in [0.25, 0.3) is 10.2 Å². The molecule has 0 radical (unpaired) electrons. The first kappa shape index (κ1) is 21.0. The van der Waals surface area contributed by atoms with Gasteiger partial charge in [-0.2, -0.15) is 4.31 Å². The number of aromatic nitrogens is 2. The van der Waals surface area contributed by atoms with E-state index in [-0.39, 0.29) is 5.75 Å². The Bertz CT molecular complexity index is 1020. The second-order valence-electron chi connectivity index (χ2n) is 9.37. The van der Waals surface area contributed by atoms with Crippen molar-refractivity contribution in [2.45, 2.75) is 53.9 Å². The first-order chi connectivity index (χ1) is 13.6. The fourth-order valence-electron chi connectivity index (χ4n) is 4.59. The molecule has 4 rings (SSSR count). The molecule has 1 fully saturated rings. The number of thiophene rings is 1. The predicted molar refractivity (Wildman–Crippen MR) is 120 cm³/mol. The van der Waals surface area contributed by atoms with Gasteiger partial charge < -0.3 is 4.90 Å². The number of fused-ring (bicyclic) bond motifs is 3. The predicted octanol–water partition coefficient (Wildman–Crippen LogP) is 3.62. The molecule has 6 nitrogen and oxygen atoms in total. The number of sulfonamides is 1. The summed E-state index contributed by atoms with van der Waals surface area (Å²) in [6.07, 6.45) is 3.42. The zero-order valence-electron chi connectivity index (χ0n) is 18.2. The Morgan fingerprint density at radius 2 is 1.83 bits per heavy atom. The molecule has 2 aromatic heterocycles. The zero-order chi connectivity index (χ0) is 21.0. The van der Waals surface area contributed by atoms with E-state index in [1.807, 2.05) is 18.3 Å². The van der Waals surface area contributed by atoms with Crippen LogP contribution in [0, 0.1) is 18.3 Å². The van der Waals surface area contributed by atoms with Crippen molar-refractivity contribution < 1.29 is 8.42 Å². The van der Waals surface area contributed by atoms with Gasteiger partial charge in [-0.3, -0.25) is 0 Å². The number of piperazine rings is 1. The van der Waals surface area contributed by atoms with Gasteiger partial charge in [-0.15, -0.1) is 11.3 Å². The molecule has 29 heavy (non-hydrogen) atoms. The van der Waals surface area contributed by atoms with Crippen LogP contribution in [-0.4, -0.2) is 54.6 Å². The van der Waals surface area contributed by atoms with Gasteiger partial charge in [-0.05, 0) is 50.0 Å². The fraction of sp³-hybridized carbons (Fsp3) is 0.714. The van der Waals surface area contributed by atoms with Gasteiger partial charge in [0.1, 0.15) is 16.5 Å². The molecule has 0 saturated carbocycles. The normalized spacial score (nSPS) is 21.6. The molecule has 1 saturated heterocycles. The van der Waals surface area contributed by atoms with E-state index in [1.54, 1.807) is 11.2 Å². The van der Waals surface area contributed by atoms with Crippen LogP contribution in [0.5, 0.6) is 0 Å². The summed E-state index contributed by atoms with van der Waals surface area (Å²) >= 11 is 1.84. The first-order valence-corrected chi connectivity index (χ1v) is 13.0. The number of nitrogens with zero attached hydrogens (tertiary/aromatic N) is 4. The summed E-state index contributed by atoms with van der Waals surface area (Å²) in [6.45, 7) is 13.1. The molecule has 0 aromatic carbocycles. The van der Waals surface area contributed by atoms with Crippen molar-refractivity contribution in [1.82, 2.24) is 14.3 Å². The standard InChI is InChI=1S/C21H32N4O2S2/c1-6-29(26,27)25-11-9-24(10-12-25)19-18-16-8-7-15(21(3,4)5)13-17(16)28-20(18)23-14(2)22-19/h15H,6-13H2,1-5H3/t15-/m0/s1. The Kier molecular flexibility index (Phi) is 5.40. The molecular weight excluding hydrogens is 404 g/mol. The summed E-state index contributed by atoms with van der Waals surface area (Å²) < 4.78 is 26.0. The van der Waals surface area contributed by atoms with Crippen LogP contribution >= 0.6 is 11.3 Å². The summed E-state index contributed by atoms with van der Waals surface area (Å²) in [5.74, 6) is 2.66. The Morgan fingerprint density at radius 3 is 2.45 bits per heavy atom. The highest BCUT2D eigenvalue weighted by Gasteiger charge is 2.33. The van der Waals surface area contributed by atoms with E-state index in [4.69, 9.17) is 9.97 Å². The van der Waals surface area contributed by atoms with E-state index >= 15 is 0 Å². The van der Waals surface area contributed by atoms with Crippen molar-refractivity contribution >= 4 is 37.4 Å². The number of anilines is 1. The van der Waals surface area contributed by atoms with E-state index in [2.05, 4.69) is 25.7 Å². The minimum atomic E-state index is -3.13. The van der Waals surface area contributed by atoms with Crippen LogP contribution < -0.4 is 4.90 Å². The molecule has 160 valence electrons. The molecule has 2 aromatic rings. The molecule has 0 spiro atoms. The van der Waals surface area contributed by atoms with Crippen LogP contribution in [-0.2, 0) is 22.9 Å². The van der Waals surface area contributed by atoms with Gasteiger partial charge in [-0.1, -0.05) is 20.8 Å². The number of aryl methyl sites for hydroxylation is 2. The van der Waals surface area contributed by atoms with Crippen LogP contribution in [0.4, 0.5) is 5.82 Å². The summed E-state index contributed by atoms with van der Waals surface area (Å²) in [4.78, 5) is 14.4. The van der Waals surface area contributed by atoms with Crippen LogP contribution in [0.3, 0.4) is 0 Å². The smallest absolute Gasteiger partial charge is 0.213 e. The van der Waals surface area contributed by atoms with E-state index in [0.717, 1.165) is 29.3 Å². The molecule has 1 aliphatic carbocycles. The monoisotopic (exact) mass is 436 g/mol. The third-order valence-corrected chi connectivity index (χ3v) is 9.55. The van der Waals surface area contributed by atoms with E-state index in [1.165, 1.54) is 22.2 Å². The van der Waals surface area contributed by atoms with Gasteiger partial charge in [0.2, 0.25) is 10.0 Å². The zero-order valence-corrected chi connectivity index (χ0v) is 19.8. The number of rotatable bonds is 3. The van der Waals surface area contributed by atoms with E-state index in [0.29, 0.717) is 37.5 Å². The van der Waals surface area contributed by atoms with Crippen LogP contribution in [0.2, 0.25) is 0 Å².